The van der Waals surface area contributed by atoms with Crippen molar-refractivity contribution in [3.05, 3.63) is 23.0 Å². The maximum absolute atomic E-state index is 5.57. The topological polar surface area (TPSA) is 43.4 Å². The van der Waals surface area contributed by atoms with E-state index in [9.17, 15) is 0 Å². The SMILES string of the molecule is COc1c(C)cnc(CNCCOCCC(C)C)c1C. The number of ether oxygens (including phenoxy) is 2. The van der Waals surface area contributed by atoms with Crippen LogP contribution in [0.15, 0.2) is 6.20 Å². The van der Waals surface area contributed by atoms with E-state index in [4.69, 9.17) is 9.47 Å². The van der Waals surface area contributed by atoms with Crippen molar-refractivity contribution < 1.29 is 9.47 Å². The van der Waals surface area contributed by atoms with E-state index in [0.717, 1.165) is 55.3 Å². The van der Waals surface area contributed by atoms with Crippen LogP contribution in [0.25, 0.3) is 0 Å². The Labute approximate surface area is 122 Å². The molecule has 0 amide bonds. The predicted octanol–water partition coefficient (Wildman–Crippen LogP) is 2.86. The number of aryl methyl sites for hydroxylation is 1. The van der Waals surface area contributed by atoms with Gasteiger partial charge in [-0.05, 0) is 26.2 Å². The Kier molecular flexibility index (Phi) is 7.55. The third-order valence-electron chi connectivity index (χ3n) is 3.30. The highest BCUT2D eigenvalue weighted by molar-refractivity contribution is 5.40. The van der Waals surface area contributed by atoms with E-state index in [1.54, 1.807) is 7.11 Å². The summed E-state index contributed by atoms with van der Waals surface area (Å²) in [5.74, 6) is 1.64. The van der Waals surface area contributed by atoms with E-state index in [2.05, 4.69) is 31.1 Å². The van der Waals surface area contributed by atoms with Gasteiger partial charge in [-0.15, -0.1) is 0 Å². The summed E-state index contributed by atoms with van der Waals surface area (Å²) in [5.41, 5.74) is 3.22. The van der Waals surface area contributed by atoms with Crippen LogP contribution in [0.5, 0.6) is 5.75 Å². The van der Waals surface area contributed by atoms with Gasteiger partial charge in [-0.2, -0.15) is 0 Å². The molecule has 0 aromatic carbocycles. The molecule has 0 bridgehead atoms. The number of nitrogens with zero attached hydrogens (tertiary/aromatic N) is 1. The Morgan fingerprint density at radius 3 is 2.65 bits per heavy atom. The molecule has 4 heteroatoms. The number of methoxy groups -OCH3 is 1. The highest BCUT2D eigenvalue weighted by Crippen LogP contribution is 2.23. The van der Waals surface area contributed by atoms with Crippen LogP contribution in [-0.4, -0.2) is 31.9 Å². The van der Waals surface area contributed by atoms with Crippen molar-refractivity contribution >= 4 is 0 Å². The van der Waals surface area contributed by atoms with Gasteiger partial charge in [0, 0.05) is 37.0 Å². The average Bonchev–Trinajstić information content (AvgIpc) is 2.40. The molecule has 0 spiro atoms. The first-order chi connectivity index (χ1) is 9.56. The maximum atomic E-state index is 5.57. The van der Waals surface area contributed by atoms with Gasteiger partial charge in [-0.25, -0.2) is 0 Å². The van der Waals surface area contributed by atoms with Crippen molar-refractivity contribution in [3.8, 4) is 5.75 Å². The van der Waals surface area contributed by atoms with Crippen LogP contribution in [0.4, 0.5) is 0 Å². The van der Waals surface area contributed by atoms with Crippen molar-refractivity contribution in [3.63, 3.8) is 0 Å². The standard InChI is InChI=1S/C16H28N2O2/c1-12(2)6-8-20-9-7-17-11-15-14(4)16(19-5)13(3)10-18-15/h10,12,17H,6-9,11H2,1-5H3. The Morgan fingerprint density at radius 1 is 1.25 bits per heavy atom. The van der Waals surface area contributed by atoms with E-state index < -0.39 is 0 Å². The van der Waals surface area contributed by atoms with Gasteiger partial charge in [0.25, 0.3) is 0 Å². The monoisotopic (exact) mass is 280 g/mol. The first-order valence-electron chi connectivity index (χ1n) is 7.33. The van der Waals surface area contributed by atoms with Gasteiger partial charge >= 0.3 is 0 Å². The van der Waals surface area contributed by atoms with E-state index in [1.807, 2.05) is 13.1 Å². The summed E-state index contributed by atoms with van der Waals surface area (Å²) < 4.78 is 11.0. The van der Waals surface area contributed by atoms with Crippen molar-refractivity contribution in [2.45, 2.75) is 40.7 Å². The van der Waals surface area contributed by atoms with Gasteiger partial charge in [-0.1, -0.05) is 13.8 Å². The molecular weight excluding hydrogens is 252 g/mol. The Bertz CT molecular complexity index is 406. The number of hydrogen-bond donors (Lipinski definition) is 1. The maximum Gasteiger partial charge on any atom is 0.128 e. The summed E-state index contributed by atoms with van der Waals surface area (Å²) in [7, 11) is 1.70. The zero-order valence-corrected chi connectivity index (χ0v) is 13.5. The number of nitrogens with one attached hydrogen (secondary N) is 1. The predicted molar refractivity (Wildman–Crippen MR) is 82.2 cm³/mol. The van der Waals surface area contributed by atoms with Crippen LogP contribution in [0, 0.1) is 19.8 Å². The molecule has 0 saturated carbocycles. The molecule has 0 unspecified atom stereocenters. The summed E-state index contributed by atoms with van der Waals surface area (Å²) in [4.78, 5) is 4.46. The zero-order valence-electron chi connectivity index (χ0n) is 13.5. The summed E-state index contributed by atoms with van der Waals surface area (Å²) in [6.07, 6.45) is 2.98. The van der Waals surface area contributed by atoms with Crippen molar-refractivity contribution in [1.29, 1.82) is 0 Å². The van der Waals surface area contributed by atoms with E-state index in [-0.39, 0.29) is 0 Å². The second-order valence-corrected chi connectivity index (χ2v) is 5.52. The molecule has 114 valence electrons. The first kappa shape index (κ1) is 16.9. The number of rotatable bonds is 9. The highest BCUT2D eigenvalue weighted by atomic mass is 16.5. The molecule has 0 aliphatic heterocycles. The lowest BCUT2D eigenvalue weighted by Crippen LogP contribution is -2.21. The van der Waals surface area contributed by atoms with E-state index in [0.29, 0.717) is 5.92 Å². The zero-order chi connectivity index (χ0) is 15.0. The molecule has 1 rings (SSSR count). The number of hydrogen-bond acceptors (Lipinski definition) is 4. The Morgan fingerprint density at radius 2 is 2.00 bits per heavy atom. The minimum absolute atomic E-state index is 0.704. The largest absolute Gasteiger partial charge is 0.496 e. The lowest BCUT2D eigenvalue weighted by Gasteiger charge is -2.13. The van der Waals surface area contributed by atoms with Gasteiger partial charge in [0.1, 0.15) is 5.75 Å². The Hall–Kier alpha value is -1.13. The molecule has 1 aromatic heterocycles. The van der Waals surface area contributed by atoms with Crippen LogP contribution >= 0.6 is 0 Å². The molecule has 0 fully saturated rings. The second-order valence-electron chi connectivity index (χ2n) is 5.52. The van der Waals surface area contributed by atoms with Crippen molar-refractivity contribution in [2.24, 2.45) is 5.92 Å². The lowest BCUT2D eigenvalue weighted by molar-refractivity contribution is 0.125. The van der Waals surface area contributed by atoms with E-state index in [1.165, 1.54) is 0 Å². The van der Waals surface area contributed by atoms with Gasteiger partial charge in [0.2, 0.25) is 0 Å². The van der Waals surface area contributed by atoms with Crippen molar-refractivity contribution in [1.82, 2.24) is 10.3 Å². The summed E-state index contributed by atoms with van der Waals surface area (Å²) in [6, 6.07) is 0. The molecule has 0 aliphatic rings. The van der Waals surface area contributed by atoms with Crippen LogP contribution in [-0.2, 0) is 11.3 Å². The molecule has 0 atom stereocenters. The van der Waals surface area contributed by atoms with Gasteiger partial charge < -0.3 is 14.8 Å². The molecule has 0 radical (unpaired) electrons. The number of pyridine rings is 1. The normalized spacial score (nSPS) is 11.1. The fourth-order valence-electron chi connectivity index (χ4n) is 2.02. The molecule has 1 heterocycles. The molecule has 4 nitrogen and oxygen atoms in total. The quantitative estimate of drug-likeness (QED) is 0.706. The highest BCUT2D eigenvalue weighted by Gasteiger charge is 2.08. The van der Waals surface area contributed by atoms with Gasteiger partial charge in [0.05, 0.1) is 19.4 Å². The Balaban J connectivity index is 2.29. The summed E-state index contributed by atoms with van der Waals surface area (Å²) >= 11 is 0. The molecule has 0 aliphatic carbocycles. The molecule has 1 N–H and O–H groups in total. The molecule has 0 saturated heterocycles. The first-order valence-corrected chi connectivity index (χ1v) is 7.33. The summed E-state index contributed by atoms with van der Waals surface area (Å²) in [6.45, 7) is 11.7. The third-order valence-corrected chi connectivity index (χ3v) is 3.30. The van der Waals surface area contributed by atoms with Crippen LogP contribution in [0.1, 0.15) is 37.1 Å². The fourth-order valence-corrected chi connectivity index (χ4v) is 2.02. The van der Waals surface area contributed by atoms with Gasteiger partial charge in [0.15, 0.2) is 0 Å². The van der Waals surface area contributed by atoms with Crippen LogP contribution in [0.3, 0.4) is 0 Å². The lowest BCUT2D eigenvalue weighted by atomic mass is 10.1. The number of aromatic nitrogens is 1. The smallest absolute Gasteiger partial charge is 0.128 e. The minimum Gasteiger partial charge on any atom is -0.496 e. The molecular formula is C16H28N2O2. The fraction of sp³-hybridized carbons (Fsp3) is 0.688. The van der Waals surface area contributed by atoms with Crippen LogP contribution in [0.2, 0.25) is 0 Å². The third kappa shape index (κ3) is 5.47. The van der Waals surface area contributed by atoms with Gasteiger partial charge in [-0.3, -0.25) is 4.98 Å². The molecule has 20 heavy (non-hydrogen) atoms. The summed E-state index contributed by atoms with van der Waals surface area (Å²) in [5, 5.41) is 3.36. The van der Waals surface area contributed by atoms with Crippen molar-refractivity contribution in [2.75, 3.05) is 26.9 Å². The van der Waals surface area contributed by atoms with E-state index >= 15 is 0 Å². The average molecular weight is 280 g/mol. The minimum atomic E-state index is 0.704. The molecule has 1 aromatic rings. The second kappa shape index (κ2) is 8.93. The van der Waals surface area contributed by atoms with Crippen LogP contribution < -0.4 is 10.1 Å².